The number of hydrogen-bond acceptors (Lipinski definition) is 7. The van der Waals surface area contributed by atoms with Gasteiger partial charge in [-0.25, -0.2) is 14.3 Å². The molecule has 0 radical (unpaired) electrons. The van der Waals surface area contributed by atoms with Crippen molar-refractivity contribution >= 4 is 49.3 Å². The van der Waals surface area contributed by atoms with E-state index in [0.29, 0.717) is 27.3 Å². The van der Waals surface area contributed by atoms with Gasteiger partial charge in [-0.2, -0.15) is 5.10 Å². The molecule has 3 aromatic rings. The summed E-state index contributed by atoms with van der Waals surface area (Å²) in [5.74, 6) is 0.00678. The monoisotopic (exact) mass is 442 g/mol. The lowest BCUT2D eigenvalue weighted by molar-refractivity contribution is 0.0520. The first-order valence-electron chi connectivity index (χ1n) is 6.43. The van der Waals surface area contributed by atoms with Crippen LogP contribution in [0.2, 0.25) is 0 Å². The molecule has 0 amide bonds. The van der Waals surface area contributed by atoms with Crippen molar-refractivity contribution in [3.8, 4) is 0 Å². The summed E-state index contributed by atoms with van der Waals surface area (Å²) in [7, 11) is 0. The Balaban J connectivity index is 0.000000203. The zero-order chi connectivity index (χ0) is 16.8. The number of ether oxygens (including phenoxy) is 1. The molecule has 3 aromatic heterocycles. The quantitative estimate of drug-likeness (QED) is 0.606. The van der Waals surface area contributed by atoms with Gasteiger partial charge in [-0.05, 0) is 63.0 Å². The van der Waals surface area contributed by atoms with Crippen molar-refractivity contribution in [1.29, 1.82) is 0 Å². The van der Waals surface area contributed by atoms with Crippen LogP contribution in [0.15, 0.2) is 39.7 Å². The summed E-state index contributed by atoms with van der Waals surface area (Å²) in [6, 6.07) is 6.94. The Morgan fingerprint density at radius 2 is 1.96 bits per heavy atom. The van der Waals surface area contributed by atoms with Crippen LogP contribution in [0.5, 0.6) is 0 Å². The maximum absolute atomic E-state index is 11.4. The molecule has 2 N–H and O–H groups in total. The summed E-state index contributed by atoms with van der Waals surface area (Å²) in [5.41, 5.74) is 6.11. The zero-order valence-electron chi connectivity index (χ0n) is 12.0. The summed E-state index contributed by atoms with van der Waals surface area (Å²) < 4.78 is 7.74. The van der Waals surface area contributed by atoms with Gasteiger partial charge in [0.15, 0.2) is 11.3 Å². The highest BCUT2D eigenvalue weighted by Crippen LogP contribution is 2.09. The summed E-state index contributed by atoms with van der Waals surface area (Å²) >= 11 is 6.35. The number of imidazole rings is 1. The zero-order valence-corrected chi connectivity index (χ0v) is 15.2. The number of fused-ring (bicyclic) bond motifs is 1. The molecular formula is C13H12Br2N6O2. The maximum atomic E-state index is 11.4. The Hall–Kier alpha value is -2.07. The van der Waals surface area contributed by atoms with Crippen LogP contribution in [0.3, 0.4) is 0 Å². The van der Waals surface area contributed by atoms with Crippen molar-refractivity contribution in [3.05, 3.63) is 45.4 Å². The molecule has 0 fully saturated rings. The Morgan fingerprint density at radius 1 is 1.22 bits per heavy atom. The van der Waals surface area contributed by atoms with Crippen LogP contribution in [0.4, 0.5) is 5.82 Å². The van der Waals surface area contributed by atoms with Crippen molar-refractivity contribution in [2.75, 3.05) is 12.3 Å². The molecule has 0 aromatic carbocycles. The molecule has 0 unspecified atom stereocenters. The van der Waals surface area contributed by atoms with Gasteiger partial charge >= 0.3 is 5.97 Å². The van der Waals surface area contributed by atoms with E-state index >= 15 is 0 Å². The third kappa shape index (κ3) is 4.96. The van der Waals surface area contributed by atoms with Crippen LogP contribution in [0.25, 0.3) is 5.65 Å². The molecule has 10 heteroatoms. The van der Waals surface area contributed by atoms with E-state index in [9.17, 15) is 4.79 Å². The lowest BCUT2D eigenvalue weighted by atomic mass is 10.5. The van der Waals surface area contributed by atoms with E-state index in [1.165, 1.54) is 10.7 Å². The van der Waals surface area contributed by atoms with E-state index in [1.807, 2.05) is 0 Å². The number of rotatable bonds is 2. The largest absolute Gasteiger partial charge is 0.461 e. The number of aromatic nitrogens is 5. The summed E-state index contributed by atoms with van der Waals surface area (Å²) in [6.07, 6.45) is 1.54. The summed E-state index contributed by atoms with van der Waals surface area (Å²) in [5, 5.41) is 11.3. The third-order valence-corrected chi connectivity index (χ3v) is 3.27. The van der Waals surface area contributed by atoms with E-state index in [1.54, 1.807) is 31.2 Å². The second-order valence-electron chi connectivity index (χ2n) is 4.09. The molecule has 3 heterocycles. The number of hydrogen-bond donors (Lipinski definition) is 1. The van der Waals surface area contributed by atoms with Crippen LogP contribution in [0, 0.1) is 0 Å². The van der Waals surface area contributed by atoms with E-state index in [2.05, 4.69) is 52.1 Å². The first kappa shape index (κ1) is 17.3. The molecule has 120 valence electrons. The molecule has 8 nitrogen and oxygen atoms in total. The number of carbonyl (C=O) groups is 1. The number of esters is 1. The number of nitrogen functional groups attached to an aromatic ring is 1. The van der Waals surface area contributed by atoms with Crippen molar-refractivity contribution in [2.24, 2.45) is 0 Å². The van der Waals surface area contributed by atoms with Crippen molar-refractivity contribution in [1.82, 2.24) is 24.8 Å². The number of nitrogens with two attached hydrogens (primary N) is 1. The summed E-state index contributed by atoms with van der Waals surface area (Å²) in [6.45, 7) is 2.09. The van der Waals surface area contributed by atoms with Gasteiger partial charge in [0.05, 0.1) is 12.8 Å². The van der Waals surface area contributed by atoms with E-state index in [4.69, 9.17) is 10.5 Å². The molecule has 0 spiro atoms. The molecule has 0 bridgehead atoms. The molecule has 0 aliphatic rings. The maximum Gasteiger partial charge on any atom is 0.358 e. The molecule has 0 saturated carbocycles. The van der Waals surface area contributed by atoms with E-state index in [0.717, 1.165) is 0 Å². The molecule has 3 rings (SSSR count). The number of anilines is 1. The smallest absolute Gasteiger partial charge is 0.358 e. The highest BCUT2D eigenvalue weighted by atomic mass is 79.9. The third-order valence-electron chi connectivity index (χ3n) is 2.42. The highest BCUT2D eigenvalue weighted by Gasteiger charge is 2.11. The Morgan fingerprint density at radius 3 is 2.57 bits per heavy atom. The van der Waals surface area contributed by atoms with Gasteiger partial charge in [-0.1, -0.05) is 0 Å². The van der Waals surface area contributed by atoms with Gasteiger partial charge in [-0.15, -0.1) is 10.2 Å². The normalized spacial score (nSPS) is 10.0. The molecular weight excluding hydrogens is 432 g/mol. The Bertz CT molecular complexity index is 785. The second kappa shape index (κ2) is 7.97. The molecule has 0 atom stereocenters. The van der Waals surface area contributed by atoms with Gasteiger partial charge in [0.25, 0.3) is 0 Å². The summed E-state index contributed by atoms with van der Waals surface area (Å²) in [4.78, 5) is 15.4. The van der Waals surface area contributed by atoms with E-state index in [-0.39, 0.29) is 5.69 Å². The van der Waals surface area contributed by atoms with Gasteiger partial charge in [0.2, 0.25) is 0 Å². The SMILES string of the molecule is CCOC(=O)c1cn2nc(Br)ccc2n1.Nc1ccc(Br)nn1. The lowest BCUT2D eigenvalue weighted by Crippen LogP contribution is -2.04. The van der Waals surface area contributed by atoms with Gasteiger partial charge in [-0.3, -0.25) is 0 Å². The van der Waals surface area contributed by atoms with Crippen molar-refractivity contribution in [3.63, 3.8) is 0 Å². The Labute approximate surface area is 148 Å². The Kier molecular flexibility index (Phi) is 5.99. The number of nitrogens with zero attached hydrogens (tertiary/aromatic N) is 5. The van der Waals surface area contributed by atoms with Gasteiger partial charge < -0.3 is 10.5 Å². The predicted molar refractivity (Wildman–Crippen MR) is 90.8 cm³/mol. The average Bonchev–Trinajstić information content (AvgIpc) is 2.94. The highest BCUT2D eigenvalue weighted by molar-refractivity contribution is 9.10. The minimum absolute atomic E-state index is 0.266. The fraction of sp³-hybridized carbons (Fsp3) is 0.154. The van der Waals surface area contributed by atoms with E-state index < -0.39 is 5.97 Å². The molecule has 0 saturated heterocycles. The minimum atomic E-state index is -0.431. The van der Waals surface area contributed by atoms with Crippen LogP contribution in [-0.2, 0) is 4.74 Å². The molecule has 23 heavy (non-hydrogen) atoms. The van der Waals surface area contributed by atoms with Crippen molar-refractivity contribution < 1.29 is 9.53 Å². The van der Waals surface area contributed by atoms with Crippen LogP contribution < -0.4 is 5.73 Å². The fourth-order valence-electron chi connectivity index (χ4n) is 1.49. The first-order chi connectivity index (χ1) is 11.0. The minimum Gasteiger partial charge on any atom is -0.461 e. The second-order valence-corrected chi connectivity index (χ2v) is 5.71. The fourth-order valence-corrected chi connectivity index (χ4v) is 2.00. The van der Waals surface area contributed by atoms with Crippen LogP contribution in [-0.4, -0.2) is 37.4 Å². The van der Waals surface area contributed by atoms with Crippen molar-refractivity contribution in [2.45, 2.75) is 6.92 Å². The predicted octanol–water partition coefficient (Wildman–Crippen LogP) is 2.49. The van der Waals surface area contributed by atoms with Crippen LogP contribution in [0.1, 0.15) is 17.4 Å². The first-order valence-corrected chi connectivity index (χ1v) is 8.02. The van der Waals surface area contributed by atoms with Gasteiger partial charge in [0, 0.05) is 0 Å². The number of halogens is 2. The van der Waals surface area contributed by atoms with Gasteiger partial charge in [0.1, 0.15) is 15.0 Å². The molecule has 0 aliphatic heterocycles. The average molecular weight is 444 g/mol. The standard InChI is InChI=1S/C9H8BrN3O2.C4H4BrN3/c1-2-15-9(14)6-5-13-8(11-6)4-3-7(10)12-13;5-3-1-2-4(6)8-7-3/h3-5H,2H2,1H3;1-2H,(H2,6,8). The van der Waals surface area contributed by atoms with Crippen LogP contribution >= 0.6 is 31.9 Å². The topological polar surface area (TPSA) is 108 Å². The lowest BCUT2D eigenvalue weighted by Gasteiger charge is -1.94. The number of carbonyl (C=O) groups excluding carboxylic acids is 1. The molecule has 0 aliphatic carbocycles.